The molecule has 1 atom stereocenters. The topological polar surface area (TPSA) is 46.1 Å². The van der Waals surface area contributed by atoms with Gasteiger partial charge in [-0.15, -0.1) is 0 Å². The summed E-state index contributed by atoms with van der Waals surface area (Å²) in [5, 5.41) is 10.5. The lowest BCUT2D eigenvalue weighted by Gasteiger charge is -2.13. The van der Waals surface area contributed by atoms with Crippen LogP contribution in [0.1, 0.15) is 13.8 Å². The van der Waals surface area contributed by atoms with Gasteiger partial charge in [0.15, 0.2) is 0 Å². The van der Waals surface area contributed by atoms with E-state index in [9.17, 15) is 10.1 Å². The molecule has 0 aromatic heterocycles. The summed E-state index contributed by atoms with van der Waals surface area (Å²) in [5.74, 6) is 0. The molecule has 0 radical (unpaired) electrons. The van der Waals surface area contributed by atoms with E-state index < -0.39 is 0 Å². The SMILES string of the molecule is C=C(C)C1(C)CN1c1ccc([N+](=O)[O-])cc1. The molecule has 4 nitrogen and oxygen atoms in total. The summed E-state index contributed by atoms with van der Waals surface area (Å²) in [5.41, 5.74) is 2.28. The second kappa shape index (κ2) is 3.33. The minimum Gasteiger partial charge on any atom is -0.358 e. The molecule has 1 aliphatic heterocycles. The number of nitro groups is 1. The van der Waals surface area contributed by atoms with Crippen molar-refractivity contribution in [3.05, 3.63) is 46.5 Å². The number of anilines is 1. The van der Waals surface area contributed by atoms with Crippen LogP contribution < -0.4 is 4.90 Å². The van der Waals surface area contributed by atoms with Gasteiger partial charge in [0, 0.05) is 24.4 Å². The van der Waals surface area contributed by atoms with Gasteiger partial charge in [0.05, 0.1) is 10.5 Å². The lowest BCUT2D eigenvalue weighted by Crippen LogP contribution is -2.14. The van der Waals surface area contributed by atoms with Crippen LogP contribution in [0.25, 0.3) is 0 Å². The molecule has 0 amide bonds. The fraction of sp³-hybridized carbons (Fsp3) is 0.333. The van der Waals surface area contributed by atoms with Crippen LogP contribution in [0.4, 0.5) is 11.4 Å². The van der Waals surface area contributed by atoms with E-state index in [0.717, 1.165) is 17.8 Å². The van der Waals surface area contributed by atoms with E-state index in [-0.39, 0.29) is 16.1 Å². The molecule has 2 rings (SSSR count). The third kappa shape index (κ3) is 1.56. The van der Waals surface area contributed by atoms with Crippen molar-refractivity contribution >= 4 is 11.4 Å². The zero-order valence-corrected chi connectivity index (χ0v) is 9.43. The monoisotopic (exact) mass is 218 g/mol. The van der Waals surface area contributed by atoms with Gasteiger partial charge in [0.1, 0.15) is 0 Å². The zero-order chi connectivity index (χ0) is 11.9. The van der Waals surface area contributed by atoms with Gasteiger partial charge >= 0.3 is 0 Å². The molecular formula is C12H14N2O2. The standard InChI is InChI=1S/C12H14N2O2/c1-9(2)12(3)8-13(12)10-4-6-11(7-5-10)14(15)16/h4-7H,1,8H2,2-3H3. The first-order valence-corrected chi connectivity index (χ1v) is 5.13. The fourth-order valence-electron chi connectivity index (χ4n) is 1.77. The summed E-state index contributed by atoms with van der Waals surface area (Å²) in [7, 11) is 0. The van der Waals surface area contributed by atoms with Gasteiger partial charge < -0.3 is 4.90 Å². The average Bonchev–Trinajstić information content (AvgIpc) is 2.93. The number of non-ortho nitro benzene ring substituents is 1. The van der Waals surface area contributed by atoms with Gasteiger partial charge in [0.25, 0.3) is 5.69 Å². The maximum absolute atomic E-state index is 10.5. The first kappa shape index (κ1) is 10.7. The van der Waals surface area contributed by atoms with E-state index in [1.165, 1.54) is 12.1 Å². The first-order chi connectivity index (χ1) is 7.45. The van der Waals surface area contributed by atoms with Crippen molar-refractivity contribution < 1.29 is 4.92 Å². The molecule has 1 aromatic carbocycles. The molecule has 1 aromatic rings. The van der Waals surface area contributed by atoms with E-state index in [0.29, 0.717) is 0 Å². The minimum absolute atomic E-state index is 0.0239. The summed E-state index contributed by atoms with van der Waals surface area (Å²) in [6, 6.07) is 6.64. The van der Waals surface area contributed by atoms with E-state index in [1.54, 1.807) is 12.1 Å². The molecule has 0 bridgehead atoms. The van der Waals surface area contributed by atoms with E-state index >= 15 is 0 Å². The first-order valence-electron chi connectivity index (χ1n) is 5.13. The molecule has 0 N–H and O–H groups in total. The van der Waals surface area contributed by atoms with Crippen molar-refractivity contribution in [2.75, 3.05) is 11.4 Å². The summed E-state index contributed by atoms with van der Waals surface area (Å²) in [4.78, 5) is 12.3. The minimum atomic E-state index is -0.385. The Morgan fingerprint density at radius 3 is 2.44 bits per heavy atom. The summed E-state index contributed by atoms with van der Waals surface area (Å²) in [6.07, 6.45) is 0. The Bertz CT molecular complexity index is 453. The van der Waals surface area contributed by atoms with Crippen LogP contribution >= 0.6 is 0 Å². The molecule has 16 heavy (non-hydrogen) atoms. The van der Waals surface area contributed by atoms with Gasteiger partial charge in [-0.05, 0) is 26.0 Å². The average molecular weight is 218 g/mol. The summed E-state index contributed by atoms with van der Waals surface area (Å²) >= 11 is 0. The van der Waals surface area contributed by atoms with Crippen LogP contribution in [0, 0.1) is 10.1 Å². The number of hydrogen-bond donors (Lipinski definition) is 0. The van der Waals surface area contributed by atoms with Crippen LogP contribution in [0.2, 0.25) is 0 Å². The Balaban J connectivity index is 2.19. The van der Waals surface area contributed by atoms with Crippen LogP contribution in [0.5, 0.6) is 0 Å². The predicted octanol–water partition coefficient (Wildman–Crippen LogP) is 2.75. The molecule has 1 heterocycles. The highest BCUT2D eigenvalue weighted by molar-refractivity contribution is 5.62. The smallest absolute Gasteiger partial charge is 0.269 e. The molecule has 1 unspecified atom stereocenters. The maximum atomic E-state index is 10.5. The van der Waals surface area contributed by atoms with Crippen molar-refractivity contribution in [1.82, 2.24) is 0 Å². The second-order valence-electron chi connectivity index (χ2n) is 4.41. The lowest BCUT2D eigenvalue weighted by molar-refractivity contribution is -0.384. The number of rotatable bonds is 3. The van der Waals surface area contributed by atoms with Crippen LogP contribution in [-0.2, 0) is 0 Å². The molecule has 4 heteroatoms. The Morgan fingerprint density at radius 1 is 1.50 bits per heavy atom. The van der Waals surface area contributed by atoms with E-state index in [1.807, 2.05) is 6.92 Å². The van der Waals surface area contributed by atoms with Crippen molar-refractivity contribution in [1.29, 1.82) is 0 Å². The van der Waals surface area contributed by atoms with Gasteiger partial charge in [-0.1, -0.05) is 12.2 Å². The van der Waals surface area contributed by atoms with E-state index in [2.05, 4.69) is 18.4 Å². The number of benzene rings is 1. The maximum Gasteiger partial charge on any atom is 0.269 e. The van der Waals surface area contributed by atoms with Crippen molar-refractivity contribution in [2.45, 2.75) is 19.4 Å². The summed E-state index contributed by atoms with van der Waals surface area (Å²) in [6.45, 7) is 9.02. The van der Waals surface area contributed by atoms with Crippen molar-refractivity contribution in [2.24, 2.45) is 0 Å². The highest BCUT2D eigenvalue weighted by Crippen LogP contribution is 2.42. The van der Waals surface area contributed by atoms with Gasteiger partial charge in [-0.25, -0.2) is 0 Å². The quantitative estimate of drug-likeness (QED) is 0.339. The van der Waals surface area contributed by atoms with Crippen LogP contribution in [0.3, 0.4) is 0 Å². The Hall–Kier alpha value is -1.84. The zero-order valence-electron chi connectivity index (χ0n) is 9.43. The highest BCUT2D eigenvalue weighted by atomic mass is 16.6. The van der Waals surface area contributed by atoms with Gasteiger partial charge in [0.2, 0.25) is 0 Å². The second-order valence-corrected chi connectivity index (χ2v) is 4.41. The molecule has 1 saturated heterocycles. The molecule has 0 spiro atoms. The molecule has 0 saturated carbocycles. The molecule has 0 aliphatic carbocycles. The van der Waals surface area contributed by atoms with Crippen molar-refractivity contribution in [3.63, 3.8) is 0 Å². The number of nitro benzene ring substituents is 1. The predicted molar refractivity (Wildman–Crippen MR) is 63.7 cm³/mol. The molecule has 1 aliphatic rings. The Kier molecular flexibility index (Phi) is 2.22. The van der Waals surface area contributed by atoms with Crippen molar-refractivity contribution in [3.8, 4) is 0 Å². The number of nitrogens with zero attached hydrogens (tertiary/aromatic N) is 2. The van der Waals surface area contributed by atoms with Crippen LogP contribution in [0.15, 0.2) is 36.4 Å². The third-order valence-corrected chi connectivity index (χ3v) is 3.25. The third-order valence-electron chi connectivity index (χ3n) is 3.25. The summed E-state index contributed by atoms with van der Waals surface area (Å²) < 4.78 is 0. The van der Waals surface area contributed by atoms with Gasteiger partial charge in [-0.2, -0.15) is 0 Å². The normalized spacial score (nSPS) is 23.0. The fourth-order valence-corrected chi connectivity index (χ4v) is 1.77. The highest BCUT2D eigenvalue weighted by Gasteiger charge is 2.48. The molecular weight excluding hydrogens is 204 g/mol. The Morgan fingerprint density at radius 2 is 2.06 bits per heavy atom. The Labute approximate surface area is 94.3 Å². The van der Waals surface area contributed by atoms with E-state index in [4.69, 9.17) is 0 Å². The largest absolute Gasteiger partial charge is 0.358 e. The molecule has 84 valence electrons. The van der Waals surface area contributed by atoms with Gasteiger partial charge in [-0.3, -0.25) is 10.1 Å². The van der Waals surface area contributed by atoms with Crippen LogP contribution in [-0.4, -0.2) is 17.0 Å². The number of hydrogen-bond acceptors (Lipinski definition) is 3. The molecule has 1 fully saturated rings. The lowest BCUT2D eigenvalue weighted by atomic mass is 10.1.